The Hall–Kier alpha value is -2.01. The molecule has 2 aromatic rings. The third kappa shape index (κ3) is 3.98. The van der Waals surface area contributed by atoms with Crippen molar-refractivity contribution in [1.82, 2.24) is 9.47 Å². The summed E-state index contributed by atoms with van der Waals surface area (Å²) in [6.07, 6.45) is 7.21. The summed E-state index contributed by atoms with van der Waals surface area (Å²) in [5.41, 5.74) is 4.70. The summed E-state index contributed by atoms with van der Waals surface area (Å²) < 4.78 is 2.45. The average molecular weight is 343 g/mol. The second kappa shape index (κ2) is 7.91. The lowest BCUT2D eigenvalue weighted by Crippen LogP contribution is -2.16. The summed E-state index contributed by atoms with van der Waals surface area (Å²) in [5.74, 6) is 0. The van der Waals surface area contributed by atoms with E-state index in [4.69, 9.17) is 0 Å². The molecule has 0 saturated heterocycles. The van der Waals surface area contributed by atoms with Crippen molar-refractivity contribution in [3.05, 3.63) is 29.5 Å². The molecular weight excluding hydrogens is 314 g/mol. The minimum atomic E-state index is -0.993. The molecule has 5 nitrogen and oxygen atoms in total. The summed E-state index contributed by atoms with van der Waals surface area (Å²) in [7, 11) is 4.21. The number of carbonyl (C=O) groups is 1. The third-order valence-corrected chi connectivity index (χ3v) is 5.13. The van der Waals surface area contributed by atoms with E-state index in [9.17, 15) is 9.90 Å². The largest absolute Gasteiger partial charge is 0.465 e. The monoisotopic (exact) mass is 343 g/mol. The van der Waals surface area contributed by atoms with E-state index in [1.165, 1.54) is 42.5 Å². The second-order valence-electron chi connectivity index (χ2n) is 7.28. The fourth-order valence-electron chi connectivity index (χ4n) is 4.06. The molecule has 2 N–H and O–H groups in total. The van der Waals surface area contributed by atoms with Gasteiger partial charge in [0.2, 0.25) is 0 Å². The number of aryl methyl sites for hydroxylation is 2. The lowest BCUT2D eigenvalue weighted by Gasteiger charge is -2.16. The Morgan fingerprint density at radius 2 is 1.96 bits per heavy atom. The minimum Gasteiger partial charge on any atom is -0.465 e. The van der Waals surface area contributed by atoms with Crippen molar-refractivity contribution in [2.75, 3.05) is 26.0 Å². The molecule has 1 amide bonds. The number of benzene rings is 1. The van der Waals surface area contributed by atoms with E-state index in [0.717, 1.165) is 43.4 Å². The van der Waals surface area contributed by atoms with E-state index in [-0.39, 0.29) is 0 Å². The highest BCUT2D eigenvalue weighted by Crippen LogP contribution is 2.35. The average Bonchev–Trinajstić information content (AvgIpc) is 2.80. The van der Waals surface area contributed by atoms with Crippen molar-refractivity contribution in [3.63, 3.8) is 0 Å². The van der Waals surface area contributed by atoms with Gasteiger partial charge in [-0.3, -0.25) is 5.32 Å². The highest BCUT2D eigenvalue weighted by atomic mass is 16.4. The number of nitrogens with zero attached hydrogens (tertiary/aromatic N) is 2. The van der Waals surface area contributed by atoms with Crippen LogP contribution in [0.2, 0.25) is 0 Å². The van der Waals surface area contributed by atoms with Crippen molar-refractivity contribution >= 4 is 22.7 Å². The van der Waals surface area contributed by atoms with E-state index in [2.05, 4.69) is 34.9 Å². The smallest absolute Gasteiger partial charge is 0.409 e. The van der Waals surface area contributed by atoms with Crippen LogP contribution in [0.15, 0.2) is 18.2 Å². The van der Waals surface area contributed by atoms with E-state index in [1.54, 1.807) is 0 Å². The molecule has 1 aromatic carbocycles. The van der Waals surface area contributed by atoms with E-state index >= 15 is 0 Å². The van der Waals surface area contributed by atoms with Crippen molar-refractivity contribution in [1.29, 1.82) is 0 Å². The van der Waals surface area contributed by atoms with Gasteiger partial charge in [0.05, 0.1) is 11.2 Å². The molecule has 5 heteroatoms. The molecule has 0 aliphatic heterocycles. The number of carboxylic acid groups (broad SMARTS) is 1. The van der Waals surface area contributed by atoms with E-state index in [0.29, 0.717) is 0 Å². The first-order valence-corrected chi connectivity index (χ1v) is 9.35. The van der Waals surface area contributed by atoms with Crippen LogP contribution in [0.1, 0.15) is 43.4 Å². The zero-order valence-electron chi connectivity index (χ0n) is 15.3. The van der Waals surface area contributed by atoms with Gasteiger partial charge < -0.3 is 14.6 Å². The zero-order chi connectivity index (χ0) is 17.8. The van der Waals surface area contributed by atoms with E-state index in [1.807, 2.05) is 12.1 Å². The SMILES string of the molecule is CN(C)CCCn1c2c(c3c(NC(=O)O)cccc31)CCCCCC2. The predicted molar refractivity (Wildman–Crippen MR) is 103 cm³/mol. The first kappa shape index (κ1) is 17.8. The molecule has 0 fully saturated rings. The Morgan fingerprint density at radius 3 is 2.68 bits per heavy atom. The maximum Gasteiger partial charge on any atom is 0.409 e. The van der Waals surface area contributed by atoms with Crippen LogP contribution in [0.4, 0.5) is 10.5 Å². The molecule has 1 aromatic heterocycles. The molecule has 3 rings (SSSR count). The molecular formula is C20H29N3O2. The lowest BCUT2D eigenvalue weighted by atomic mass is 9.96. The number of aromatic nitrogens is 1. The van der Waals surface area contributed by atoms with Gasteiger partial charge in [-0.15, -0.1) is 0 Å². The highest BCUT2D eigenvalue weighted by molar-refractivity contribution is 6.01. The van der Waals surface area contributed by atoms with Gasteiger partial charge in [0.25, 0.3) is 0 Å². The Labute approximate surface area is 149 Å². The Morgan fingerprint density at radius 1 is 1.20 bits per heavy atom. The molecule has 1 aliphatic rings. The van der Waals surface area contributed by atoms with Crippen molar-refractivity contribution in [2.24, 2.45) is 0 Å². The number of hydrogen-bond acceptors (Lipinski definition) is 2. The molecule has 136 valence electrons. The Bertz CT molecular complexity index is 749. The second-order valence-corrected chi connectivity index (χ2v) is 7.28. The van der Waals surface area contributed by atoms with Gasteiger partial charge in [-0.2, -0.15) is 0 Å². The van der Waals surface area contributed by atoms with E-state index < -0.39 is 6.09 Å². The molecule has 0 unspecified atom stereocenters. The maximum absolute atomic E-state index is 11.2. The van der Waals surface area contributed by atoms with Gasteiger partial charge in [0.15, 0.2) is 0 Å². The normalized spacial score (nSPS) is 15.0. The number of amides is 1. The number of nitrogens with one attached hydrogen (secondary N) is 1. The van der Waals surface area contributed by atoms with Crippen molar-refractivity contribution in [2.45, 2.75) is 51.5 Å². The quantitative estimate of drug-likeness (QED) is 0.849. The van der Waals surface area contributed by atoms with Crippen LogP contribution in [-0.2, 0) is 19.4 Å². The van der Waals surface area contributed by atoms with Crippen molar-refractivity contribution < 1.29 is 9.90 Å². The topological polar surface area (TPSA) is 57.5 Å². The number of hydrogen-bond donors (Lipinski definition) is 2. The van der Waals surface area contributed by atoms with Crippen LogP contribution in [-0.4, -0.2) is 41.3 Å². The highest BCUT2D eigenvalue weighted by Gasteiger charge is 2.20. The standard InChI is InChI=1S/C20H29N3O2/c1-22(2)13-8-14-23-17-11-6-4-3-5-9-15(17)19-16(21-20(24)25)10-7-12-18(19)23/h7,10,12,21H,3-6,8-9,11,13-14H2,1-2H3,(H,24,25). The molecule has 0 radical (unpaired) electrons. The van der Waals surface area contributed by atoms with Gasteiger partial charge >= 0.3 is 6.09 Å². The first-order valence-electron chi connectivity index (χ1n) is 9.35. The van der Waals surface area contributed by atoms with Crippen LogP contribution in [0.3, 0.4) is 0 Å². The summed E-state index contributed by atoms with van der Waals surface area (Å²) in [6.45, 7) is 2.04. The summed E-state index contributed by atoms with van der Waals surface area (Å²) in [6, 6.07) is 5.99. The molecule has 25 heavy (non-hydrogen) atoms. The van der Waals surface area contributed by atoms with Gasteiger partial charge in [-0.05, 0) is 70.4 Å². The van der Waals surface area contributed by atoms with Gasteiger partial charge in [-0.1, -0.05) is 18.9 Å². The van der Waals surface area contributed by atoms with Gasteiger partial charge in [0, 0.05) is 17.6 Å². The Balaban J connectivity index is 2.09. The molecule has 1 heterocycles. The van der Waals surface area contributed by atoms with Crippen LogP contribution < -0.4 is 5.32 Å². The number of rotatable bonds is 5. The summed E-state index contributed by atoms with van der Waals surface area (Å²) >= 11 is 0. The molecule has 0 saturated carbocycles. The predicted octanol–water partition coefficient (Wildman–Crippen LogP) is 4.34. The lowest BCUT2D eigenvalue weighted by molar-refractivity contribution is 0.210. The molecule has 0 spiro atoms. The number of fused-ring (bicyclic) bond motifs is 3. The van der Waals surface area contributed by atoms with Gasteiger partial charge in [0.1, 0.15) is 0 Å². The maximum atomic E-state index is 11.2. The van der Waals surface area contributed by atoms with Crippen LogP contribution >= 0.6 is 0 Å². The van der Waals surface area contributed by atoms with Crippen LogP contribution in [0.25, 0.3) is 10.9 Å². The fraction of sp³-hybridized carbons (Fsp3) is 0.550. The zero-order valence-corrected chi connectivity index (χ0v) is 15.3. The minimum absolute atomic E-state index is 0.730. The molecule has 0 atom stereocenters. The molecule has 1 aliphatic carbocycles. The Kier molecular flexibility index (Phi) is 5.63. The van der Waals surface area contributed by atoms with Gasteiger partial charge in [-0.25, -0.2) is 4.79 Å². The first-order chi connectivity index (χ1) is 12.1. The van der Waals surface area contributed by atoms with Crippen LogP contribution in [0.5, 0.6) is 0 Å². The fourth-order valence-corrected chi connectivity index (χ4v) is 4.06. The molecule has 0 bridgehead atoms. The van der Waals surface area contributed by atoms with Crippen molar-refractivity contribution in [3.8, 4) is 0 Å². The summed E-state index contributed by atoms with van der Waals surface area (Å²) in [5, 5.41) is 13.0. The van der Waals surface area contributed by atoms with Crippen LogP contribution in [0, 0.1) is 0 Å². The summed E-state index contributed by atoms with van der Waals surface area (Å²) in [4.78, 5) is 13.4. The number of anilines is 1. The third-order valence-electron chi connectivity index (χ3n) is 5.13.